The maximum Gasteiger partial charge on any atom is 0.201 e. The Morgan fingerprint density at radius 3 is 1.83 bits per heavy atom. The minimum Gasteiger partial charge on any atom is -0.490 e. The van der Waals surface area contributed by atoms with E-state index in [4.69, 9.17) is 4.74 Å². The Morgan fingerprint density at radius 1 is 0.690 bits per heavy atom. The van der Waals surface area contributed by atoms with Crippen molar-refractivity contribution in [1.29, 1.82) is 0 Å². The van der Waals surface area contributed by atoms with Crippen molar-refractivity contribution in [3.05, 3.63) is 111 Å². The molecule has 0 radical (unpaired) electrons. The van der Waals surface area contributed by atoms with Crippen LogP contribution in [0.15, 0.2) is 48.6 Å². The summed E-state index contributed by atoms with van der Waals surface area (Å²) in [6, 6.07) is 8.84. The fourth-order valence-electron chi connectivity index (χ4n) is 5.55. The largest absolute Gasteiger partial charge is 0.490 e. The smallest absolute Gasteiger partial charge is 0.201 e. The van der Waals surface area contributed by atoms with E-state index in [0.717, 1.165) is 6.42 Å². The van der Waals surface area contributed by atoms with Gasteiger partial charge < -0.3 is 4.74 Å². The zero-order chi connectivity index (χ0) is 30.2. The molecule has 0 spiro atoms. The van der Waals surface area contributed by atoms with Crippen molar-refractivity contribution in [2.24, 2.45) is 0 Å². The van der Waals surface area contributed by atoms with Crippen molar-refractivity contribution in [1.82, 2.24) is 0 Å². The normalized spacial score (nSPS) is 17.4. The Balaban J connectivity index is 1.43. The summed E-state index contributed by atoms with van der Waals surface area (Å²) < 4.78 is 93.9. The number of unbranched alkanes of at least 4 members (excludes halogenated alkanes) is 1. The summed E-state index contributed by atoms with van der Waals surface area (Å²) in [6.45, 7) is 4.09. The van der Waals surface area contributed by atoms with Gasteiger partial charge in [0.25, 0.3) is 0 Å². The van der Waals surface area contributed by atoms with E-state index in [2.05, 4.69) is 0 Å². The van der Waals surface area contributed by atoms with Gasteiger partial charge in [0.1, 0.15) is 0 Å². The number of allylic oxidation sites excluding steroid dienone is 2. The van der Waals surface area contributed by atoms with Crippen molar-refractivity contribution >= 4 is 12.2 Å². The average Bonchev–Trinajstić information content (AvgIpc) is 2.99. The van der Waals surface area contributed by atoms with E-state index < -0.39 is 34.9 Å². The Labute approximate surface area is 243 Å². The predicted molar refractivity (Wildman–Crippen MR) is 155 cm³/mol. The minimum absolute atomic E-state index is 0.0971. The van der Waals surface area contributed by atoms with Crippen LogP contribution >= 0.6 is 0 Å². The molecule has 0 saturated heterocycles. The van der Waals surface area contributed by atoms with Crippen LogP contribution in [-0.2, 0) is 6.42 Å². The summed E-state index contributed by atoms with van der Waals surface area (Å²) in [7, 11) is 0. The number of hydrogen-bond acceptors (Lipinski definition) is 1. The third kappa shape index (κ3) is 7.11. The van der Waals surface area contributed by atoms with Gasteiger partial charge in [-0.15, -0.1) is 0 Å². The van der Waals surface area contributed by atoms with Crippen LogP contribution in [0.25, 0.3) is 12.2 Å². The van der Waals surface area contributed by atoms with E-state index in [1.807, 2.05) is 26.0 Å². The second kappa shape index (κ2) is 14.6. The number of hydrogen-bond donors (Lipinski definition) is 0. The highest BCUT2D eigenvalue weighted by atomic mass is 19.2. The predicted octanol–water partition coefficient (Wildman–Crippen LogP) is 10.8. The second-order valence-corrected chi connectivity index (χ2v) is 10.8. The van der Waals surface area contributed by atoms with Crippen molar-refractivity contribution < 1.29 is 31.1 Å². The molecule has 0 bridgehead atoms. The molecular formula is C35H36F6O. The second-order valence-electron chi connectivity index (χ2n) is 10.8. The van der Waals surface area contributed by atoms with Crippen molar-refractivity contribution in [3.8, 4) is 5.75 Å². The Hall–Kier alpha value is -3.48. The molecule has 224 valence electrons. The number of halogens is 6. The van der Waals surface area contributed by atoms with Crippen LogP contribution in [-0.4, -0.2) is 6.61 Å². The van der Waals surface area contributed by atoms with Gasteiger partial charge in [-0.05, 0) is 92.5 Å². The lowest BCUT2D eigenvalue weighted by Crippen LogP contribution is -2.15. The van der Waals surface area contributed by atoms with Crippen molar-refractivity contribution in [2.75, 3.05) is 6.61 Å². The number of ether oxygens (including phenoxy) is 1. The van der Waals surface area contributed by atoms with Gasteiger partial charge in [0.15, 0.2) is 34.8 Å². The zero-order valence-corrected chi connectivity index (χ0v) is 24.0. The molecular weight excluding hydrogens is 550 g/mol. The molecule has 1 aliphatic rings. The molecule has 1 aliphatic carbocycles. The van der Waals surface area contributed by atoms with Crippen LogP contribution in [0.4, 0.5) is 26.3 Å². The first-order chi connectivity index (χ1) is 20.3. The first-order valence-corrected chi connectivity index (χ1v) is 14.6. The lowest BCUT2D eigenvalue weighted by Gasteiger charge is -2.30. The summed E-state index contributed by atoms with van der Waals surface area (Å²) >= 11 is 0. The highest BCUT2D eigenvalue weighted by Gasteiger charge is 2.29. The standard InChI is InChI=1S/C35H36F6O/c1-3-5-7-8-24-15-18-27(33(39)30(24)36)22-9-11-23(12-10-22)28-19-16-25(31(37)34(28)40)13-14-26-17-20-29(35(41)32(26)38)42-21-6-4-2/h3,5,13-20,22-23H,4,6-12,21H2,1-2H3. The van der Waals surface area contributed by atoms with Gasteiger partial charge in [0.2, 0.25) is 5.82 Å². The van der Waals surface area contributed by atoms with E-state index in [0.29, 0.717) is 56.1 Å². The SMILES string of the molecule is CC=CCCc1ccc(C2CCC(c3ccc(C=Cc4ccc(OCCCC)c(F)c4F)c(F)c3F)CC2)c(F)c1F. The summed E-state index contributed by atoms with van der Waals surface area (Å²) in [5.41, 5.74) is 0.681. The summed E-state index contributed by atoms with van der Waals surface area (Å²) in [4.78, 5) is 0. The molecule has 1 saturated carbocycles. The molecule has 7 heteroatoms. The van der Waals surface area contributed by atoms with Gasteiger partial charge in [-0.1, -0.05) is 61.9 Å². The lowest BCUT2D eigenvalue weighted by molar-refractivity contribution is 0.288. The molecule has 0 N–H and O–H groups in total. The van der Waals surface area contributed by atoms with Gasteiger partial charge in [-0.2, -0.15) is 4.39 Å². The number of rotatable bonds is 11. The summed E-state index contributed by atoms with van der Waals surface area (Å²) in [5, 5.41) is 0. The van der Waals surface area contributed by atoms with Gasteiger partial charge in [-0.25, -0.2) is 22.0 Å². The van der Waals surface area contributed by atoms with E-state index in [1.165, 1.54) is 36.4 Å². The fraction of sp³-hybridized carbons (Fsp3) is 0.371. The highest BCUT2D eigenvalue weighted by Crippen LogP contribution is 2.43. The molecule has 0 aliphatic heterocycles. The monoisotopic (exact) mass is 586 g/mol. The third-order valence-corrected chi connectivity index (χ3v) is 8.03. The molecule has 42 heavy (non-hydrogen) atoms. The van der Waals surface area contributed by atoms with E-state index >= 15 is 8.78 Å². The molecule has 3 aromatic carbocycles. The van der Waals surface area contributed by atoms with Crippen molar-refractivity contribution in [2.45, 2.75) is 77.0 Å². The maximum absolute atomic E-state index is 15.2. The van der Waals surface area contributed by atoms with Gasteiger partial charge in [0.05, 0.1) is 6.61 Å². The lowest BCUT2D eigenvalue weighted by atomic mass is 9.75. The minimum atomic E-state index is -1.13. The molecule has 4 rings (SSSR count). The Morgan fingerprint density at radius 2 is 1.24 bits per heavy atom. The first kappa shape index (κ1) is 31.5. The van der Waals surface area contributed by atoms with Crippen LogP contribution in [0.2, 0.25) is 0 Å². The Kier molecular flexibility index (Phi) is 10.9. The quantitative estimate of drug-likeness (QED) is 0.0940. The van der Waals surface area contributed by atoms with Crippen LogP contribution in [0.1, 0.15) is 98.4 Å². The van der Waals surface area contributed by atoms with Gasteiger partial charge >= 0.3 is 0 Å². The van der Waals surface area contributed by atoms with Crippen LogP contribution in [0.3, 0.4) is 0 Å². The van der Waals surface area contributed by atoms with Gasteiger partial charge in [-0.3, -0.25) is 0 Å². The van der Waals surface area contributed by atoms with Crippen LogP contribution < -0.4 is 4.74 Å². The topological polar surface area (TPSA) is 9.23 Å². The molecule has 0 atom stereocenters. The summed E-state index contributed by atoms with van der Waals surface area (Å²) in [6.07, 6.45) is 10.8. The fourth-order valence-corrected chi connectivity index (χ4v) is 5.55. The molecule has 0 aromatic heterocycles. The average molecular weight is 587 g/mol. The molecule has 0 heterocycles. The zero-order valence-electron chi connectivity index (χ0n) is 24.0. The van der Waals surface area contributed by atoms with E-state index in [1.54, 1.807) is 12.1 Å². The van der Waals surface area contributed by atoms with Gasteiger partial charge in [0, 0.05) is 11.1 Å². The molecule has 0 unspecified atom stereocenters. The van der Waals surface area contributed by atoms with E-state index in [-0.39, 0.29) is 40.9 Å². The number of aryl methyl sites for hydroxylation is 1. The van der Waals surface area contributed by atoms with Crippen molar-refractivity contribution in [3.63, 3.8) is 0 Å². The maximum atomic E-state index is 15.2. The molecule has 1 fully saturated rings. The Bertz CT molecular complexity index is 1440. The molecule has 1 nitrogen and oxygen atoms in total. The van der Waals surface area contributed by atoms with Crippen LogP contribution in [0, 0.1) is 34.9 Å². The summed E-state index contributed by atoms with van der Waals surface area (Å²) in [5.74, 6) is -6.62. The third-order valence-electron chi connectivity index (χ3n) is 8.03. The van der Waals surface area contributed by atoms with E-state index in [9.17, 15) is 17.6 Å². The van der Waals surface area contributed by atoms with Crippen LogP contribution in [0.5, 0.6) is 5.75 Å². The first-order valence-electron chi connectivity index (χ1n) is 14.6. The number of benzene rings is 3. The molecule has 0 amide bonds. The highest BCUT2D eigenvalue weighted by molar-refractivity contribution is 5.70. The molecule has 3 aromatic rings.